The van der Waals surface area contributed by atoms with E-state index in [2.05, 4.69) is 66.5 Å². The summed E-state index contributed by atoms with van der Waals surface area (Å²) in [6.07, 6.45) is 1.26. The Hall–Kier alpha value is -2.49. The molecule has 0 aliphatic carbocycles. The number of aromatic hydroxyl groups is 1. The van der Waals surface area contributed by atoms with Crippen LogP contribution in [0.25, 0.3) is 0 Å². The van der Waals surface area contributed by atoms with Gasteiger partial charge in [-0.25, -0.2) is 0 Å². The zero-order valence-corrected chi connectivity index (χ0v) is 19.2. The highest BCUT2D eigenvalue weighted by Crippen LogP contribution is 2.23. The molecule has 3 nitrogen and oxygen atoms in total. The Labute approximate surface area is 191 Å². The third-order valence-corrected chi connectivity index (χ3v) is 5.84. The maximum Gasteiger partial charge on any atom is 0.115 e. The van der Waals surface area contributed by atoms with Gasteiger partial charge in [-0.2, -0.15) is 0 Å². The van der Waals surface area contributed by atoms with Crippen molar-refractivity contribution in [2.24, 2.45) is 5.92 Å². The quantitative estimate of drug-likeness (QED) is 0.464. The lowest BCUT2D eigenvalue weighted by atomic mass is 10.0. The number of anilines is 1. The van der Waals surface area contributed by atoms with E-state index in [1.54, 1.807) is 12.1 Å². The molecular weight excluding hydrogens is 404 g/mol. The Morgan fingerprint density at radius 3 is 2.32 bits per heavy atom. The van der Waals surface area contributed by atoms with Crippen molar-refractivity contribution in [3.63, 3.8) is 0 Å². The Morgan fingerprint density at radius 1 is 1.00 bits per heavy atom. The summed E-state index contributed by atoms with van der Waals surface area (Å²) in [5.41, 5.74) is 3.77. The van der Waals surface area contributed by atoms with E-state index in [-0.39, 0.29) is 0 Å². The number of hydrogen-bond donors (Lipinski definition) is 2. The van der Waals surface area contributed by atoms with Crippen LogP contribution in [-0.2, 0) is 6.54 Å². The summed E-state index contributed by atoms with van der Waals surface area (Å²) in [5, 5.41) is 13.3. The molecule has 0 spiro atoms. The predicted molar refractivity (Wildman–Crippen MR) is 132 cm³/mol. The molecule has 3 aromatic rings. The van der Waals surface area contributed by atoms with Gasteiger partial charge in [-0.3, -0.25) is 0 Å². The van der Waals surface area contributed by atoms with Crippen molar-refractivity contribution in [1.82, 2.24) is 5.32 Å². The number of halogens is 1. The molecular formula is C27H33ClN2O. The Morgan fingerprint density at radius 2 is 1.74 bits per heavy atom. The molecule has 1 atom stereocenters. The number of rotatable bonds is 6. The Bertz CT molecular complexity index is 906. The van der Waals surface area contributed by atoms with Gasteiger partial charge in [-0.1, -0.05) is 67.9 Å². The van der Waals surface area contributed by atoms with E-state index in [4.69, 9.17) is 16.7 Å². The average Bonchev–Trinajstić information content (AvgIpc) is 3.28. The minimum absolute atomic E-state index is 0.353. The highest BCUT2D eigenvalue weighted by Gasteiger charge is 2.18. The van der Waals surface area contributed by atoms with Crippen molar-refractivity contribution in [3.05, 3.63) is 95.0 Å². The molecule has 1 unspecified atom stereocenters. The summed E-state index contributed by atoms with van der Waals surface area (Å²) in [6.45, 7) is 8.51. The van der Waals surface area contributed by atoms with Crippen molar-refractivity contribution in [2.75, 3.05) is 24.5 Å². The van der Waals surface area contributed by atoms with E-state index >= 15 is 0 Å². The SMILES string of the molecule is CC(C)c1cccc(O)c1.Clc1ccc(N(Cc2ccccc2)CC2CCNC2)cc1. The lowest BCUT2D eigenvalue weighted by molar-refractivity contribution is 0.474. The van der Waals surface area contributed by atoms with Crippen LogP contribution in [0.5, 0.6) is 5.75 Å². The molecule has 4 rings (SSSR count). The summed E-state index contributed by atoms with van der Waals surface area (Å²) in [7, 11) is 0. The van der Waals surface area contributed by atoms with Crippen molar-refractivity contribution < 1.29 is 5.11 Å². The third-order valence-electron chi connectivity index (χ3n) is 5.59. The first-order chi connectivity index (χ1) is 15.0. The molecule has 2 N–H and O–H groups in total. The maximum atomic E-state index is 9.06. The van der Waals surface area contributed by atoms with Crippen molar-refractivity contribution >= 4 is 17.3 Å². The zero-order valence-electron chi connectivity index (χ0n) is 18.5. The topological polar surface area (TPSA) is 35.5 Å². The number of hydrogen-bond acceptors (Lipinski definition) is 3. The molecule has 3 aromatic carbocycles. The van der Waals surface area contributed by atoms with Crippen LogP contribution in [0.15, 0.2) is 78.9 Å². The summed E-state index contributed by atoms with van der Waals surface area (Å²) < 4.78 is 0. The van der Waals surface area contributed by atoms with E-state index in [1.807, 2.05) is 24.3 Å². The van der Waals surface area contributed by atoms with Gasteiger partial charge in [0.05, 0.1) is 0 Å². The average molecular weight is 437 g/mol. The molecule has 0 amide bonds. The van der Waals surface area contributed by atoms with Gasteiger partial charge < -0.3 is 15.3 Å². The minimum atomic E-state index is 0.353. The van der Waals surface area contributed by atoms with Crippen molar-refractivity contribution in [1.29, 1.82) is 0 Å². The van der Waals surface area contributed by atoms with Crippen molar-refractivity contribution in [3.8, 4) is 5.75 Å². The lowest BCUT2D eigenvalue weighted by Gasteiger charge is -2.28. The Balaban J connectivity index is 0.000000229. The van der Waals surface area contributed by atoms with Gasteiger partial charge in [0.1, 0.15) is 5.75 Å². The molecule has 0 radical (unpaired) electrons. The van der Waals surface area contributed by atoms with E-state index < -0.39 is 0 Å². The van der Waals surface area contributed by atoms with Crippen LogP contribution >= 0.6 is 11.6 Å². The molecule has 1 fully saturated rings. The van der Waals surface area contributed by atoms with Gasteiger partial charge in [0.2, 0.25) is 0 Å². The molecule has 1 heterocycles. The molecule has 1 saturated heterocycles. The van der Waals surface area contributed by atoms with Gasteiger partial charge >= 0.3 is 0 Å². The van der Waals surface area contributed by atoms with Gasteiger partial charge in [0.25, 0.3) is 0 Å². The van der Waals surface area contributed by atoms with Crippen LogP contribution in [0, 0.1) is 5.92 Å². The lowest BCUT2D eigenvalue weighted by Crippen LogP contribution is -2.30. The van der Waals surface area contributed by atoms with Crippen LogP contribution in [0.2, 0.25) is 5.02 Å². The predicted octanol–water partition coefficient (Wildman–Crippen LogP) is 6.47. The maximum absolute atomic E-state index is 9.06. The largest absolute Gasteiger partial charge is 0.508 e. The number of phenols is 1. The number of benzene rings is 3. The standard InChI is InChI=1S/C18H21ClN2.C9H12O/c19-17-6-8-18(9-7-17)21(14-16-10-11-20-12-16)13-15-4-2-1-3-5-15;1-7(2)8-4-3-5-9(10)6-8/h1-9,16,20H,10-14H2;3-7,10H,1-2H3. The summed E-state index contributed by atoms with van der Waals surface area (Å²) >= 11 is 6.02. The van der Waals surface area contributed by atoms with Crippen LogP contribution in [-0.4, -0.2) is 24.7 Å². The van der Waals surface area contributed by atoms with Gasteiger partial charge in [0, 0.05) is 23.8 Å². The molecule has 0 aromatic heterocycles. The molecule has 164 valence electrons. The van der Waals surface area contributed by atoms with Crippen LogP contribution in [0.4, 0.5) is 5.69 Å². The van der Waals surface area contributed by atoms with Gasteiger partial charge in [-0.05, 0) is 78.9 Å². The fourth-order valence-electron chi connectivity index (χ4n) is 3.78. The normalized spacial score (nSPS) is 15.4. The molecule has 31 heavy (non-hydrogen) atoms. The molecule has 0 saturated carbocycles. The number of nitrogens with one attached hydrogen (secondary N) is 1. The first kappa shape index (κ1) is 23.2. The van der Waals surface area contributed by atoms with Crippen LogP contribution in [0.3, 0.4) is 0 Å². The van der Waals surface area contributed by atoms with Gasteiger partial charge in [-0.15, -0.1) is 0 Å². The van der Waals surface area contributed by atoms with E-state index in [0.717, 1.165) is 37.1 Å². The summed E-state index contributed by atoms with van der Waals surface area (Å²) in [6, 6.07) is 26.2. The summed E-state index contributed by atoms with van der Waals surface area (Å²) in [5.74, 6) is 1.57. The van der Waals surface area contributed by atoms with Gasteiger partial charge in [0.15, 0.2) is 0 Å². The third kappa shape index (κ3) is 7.61. The fourth-order valence-corrected chi connectivity index (χ4v) is 3.91. The second-order valence-electron chi connectivity index (χ2n) is 8.45. The first-order valence-corrected chi connectivity index (χ1v) is 11.4. The van der Waals surface area contributed by atoms with Crippen LogP contribution in [0.1, 0.15) is 37.3 Å². The van der Waals surface area contributed by atoms with Crippen molar-refractivity contribution in [2.45, 2.75) is 32.7 Å². The number of nitrogens with zero attached hydrogens (tertiary/aromatic N) is 1. The summed E-state index contributed by atoms with van der Waals surface area (Å²) in [4.78, 5) is 2.46. The first-order valence-electron chi connectivity index (χ1n) is 11.1. The highest BCUT2D eigenvalue weighted by atomic mass is 35.5. The van der Waals surface area contributed by atoms with E-state index in [1.165, 1.54) is 23.2 Å². The fraction of sp³-hybridized carbons (Fsp3) is 0.333. The van der Waals surface area contributed by atoms with Crippen LogP contribution < -0.4 is 10.2 Å². The molecule has 0 bridgehead atoms. The zero-order chi connectivity index (χ0) is 22.1. The molecule has 4 heteroatoms. The smallest absolute Gasteiger partial charge is 0.115 e. The van der Waals surface area contributed by atoms with E-state index in [9.17, 15) is 0 Å². The second-order valence-corrected chi connectivity index (χ2v) is 8.89. The second kappa shape index (κ2) is 11.8. The minimum Gasteiger partial charge on any atom is -0.508 e. The highest BCUT2D eigenvalue weighted by molar-refractivity contribution is 6.30. The molecule has 1 aliphatic rings. The Kier molecular flexibility index (Phi) is 8.81. The van der Waals surface area contributed by atoms with E-state index in [0.29, 0.717) is 11.7 Å². The molecule has 1 aliphatic heterocycles. The number of phenolic OH excluding ortho intramolecular Hbond substituents is 1. The monoisotopic (exact) mass is 436 g/mol.